The fraction of sp³-hybridized carbons (Fsp3) is 0.235. The Bertz CT molecular complexity index is 782. The van der Waals surface area contributed by atoms with Crippen LogP contribution in [0.5, 0.6) is 0 Å². The number of primary amides is 1. The molecule has 2 aromatic rings. The lowest BCUT2D eigenvalue weighted by Gasteiger charge is -2.17. The van der Waals surface area contributed by atoms with Crippen LogP contribution in [-0.2, 0) is 23.0 Å². The number of amides is 1. The van der Waals surface area contributed by atoms with Crippen LogP contribution in [0.2, 0.25) is 0 Å². The maximum absolute atomic E-state index is 12.6. The molecule has 0 bridgehead atoms. The van der Waals surface area contributed by atoms with Crippen molar-refractivity contribution in [2.24, 2.45) is 5.73 Å². The number of hydrogen-bond donors (Lipinski definition) is 1. The number of rotatable bonds is 6. The number of carbonyl (C=O) groups excluding carboxylic acids is 1. The van der Waals surface area contributed by atoms with E-state index in [1.807, 2.05) is 24.3 Å². The summed E-state index contributed by atoms with van der Waals surface area (Å²) in [5, 5.41) is 0. The number of carbonyl (C=O) groups is 1. The van der Waals surface area contributed by atoms with Crippen molar-refractivity contribution in [1.82, 2.24) is 4.31 Å². The minimum absolute atomic E-state index is 0.134. The average molecular weight is 332 g/mol. The van der Waals surface area contributed by atoms with Crippen LogP contribution in [0.1, 0.15) is 28.4 Å². The van der Waals surface area contributed by atoms with Crippen molar-refractivity contribution in [3.63, 3.8) is 0 Å². The van der Waals surface area contributed by atoms with Gasteiger partial charge in [-0.2, -0.15) is 4.31 Å². The van der Waals surface area contributed by atoms with Crippen LogP contribution in [0.3, 0.4) is 0 Å². The van der Waals surface area contributed by atoms with Crippen LogP contribution in [0.4, 0.5) is 0 Å². The van der Waals surface area contributed by atoms with E-state index in [2.05, 4.69) is 6.92 Å². The molecule has 0 atom stereocenters. The Kier molecular flexibility index (Phi) is 5.18. The van der Waals surface area contributed by atoms with Gasteiger partial charge in [0.2, 0.25) is 15.9 Å². The van der Waals surface area contributed by atoms with Crippen LogP contribution in [-0.4, -0.2) is 25.7 Å². The van der Waals surface area contributed by atoms with Gasteiger partial charge in [0.05, 0.1) is 4.90 Å². The predicted molar refractivity (Wildman–Crippen MR) is 89.4 cm³/mol. The molecular formula is C17H20N2O3S. The van der Waals surface area contributed by atoms with E-state index < -0.39 is 15.9 Å². The zero-order valence-electron chi connectivity index (χ0n) is 13.2. The SMILES string of the molecule is CCc1ccc(CN(C)S(=O)(=O)c2ccc(C(N)=O)cc2)cc1. The second kappa shape index (κ2) is 6.93. The largest absolute Gasteiger partial charge is 0.366 e. The minimum Gasteiger partial charge on any atom is -0.366 e. The highest BCUT2D eigenvalue weighted by Gasteiger charge is 2.21. The monoisotopic (exact) mass is 332 g/mol. The Morgan fingerprint density at radius 3 is 2.00 bits per heavy atom. The van der Waals surface area contributed by atoms with Crippen molar-refractivity contribution < 1.29 is 13.2 Å². The molecule has 122 valence electrons. The summed E-state index contributed by atoms with van der Waals surface area (Å²) in [5.74, 6) is -0.585. The zero-order valence-corrected chi connectivity index (χ0v) is 14.0. The Labute approximate surface area is 136 Å². The topological polar surface area (TPSA) is 80.5 Å². The van der Waals surface area contributed by atoms with Gasteiger partial charge in [-0.3, -0.25) is 4.79 Å². The molecule has 0 aliphatic carbocycles. The van der Waals surface area contributed by atoms with Crippen molar-refractivity contribution in [3.8, 4) is 0 Å². The first-order valence-corrected chi connectivity index (χ1v) is 8.72. The van der Waals surface area contributed by atoms with Gasteiger partial charge in [-0.25, -0.2) is 8.42 Å². The van der Waals surface area contributed by atoms with Gasteiger partial charge in [0, 0.05) is 19.2 Å². The number of aryl methyl sites for hydroxylation is 1. The Balaban J connectivity index is 2.18. The minimum atomic E-state index is -3.61. The molecular weight excluding hydrogens is 312 g/mol. The third kappa shape index (κ3) is 3.97. The van der Waals surface area contributed by atoms with Crippen molar-refractivity contribution >= 4 is 15.9 Å². The van der Waals surface area contributed by atoms with E-state index in [4.69, 9.17) is 5.73 Å². The fourth-order valence-corrected chi connectivity index (χ4v) is 3.35. The van der Waals surface area contributed by atoms with Crippen molar-refractivity contribution in [2.45, 2.75) is 24.8 Å². The molecule has 0 aromatic heterocycles. The van der Waals surface area contributed by atoms with E-state index >= 15 is 0 Å². The highest BCUT2D eigenvalue weighted by Crippen LogP contribution is 2.18. The van der Waals surface area contributed by atoms with Gasteiger partial charge < -0.3 is 5.73 Å². The predicted octanol–water partition coefficient (Wildman–Crippen LogP) is 2.17. The molecule has 0 heterocycles. The molecule has 1 amide bonds. The number of hydrogen-bond acceptors (Lipinski definition) is 3. The summed E-state index contributed by atoms with van der Waals surface area (Å²) in [6, 6.07) is 13.5. The molecule has 0 aliphatic heterocycles. The molecule has 0 radical (unpaired) electrons. The Hall–Kier alpha value is -2.18. The van der Waals surface area contributed by atoms with E-state index in [0.717, 1.165) is 12.0 Å². The number of sulfonamides is 1. The van der Waals surface area contributed by atoms with Gasteiger partial charge in [0.15, 0.2) is 0 Å². The second-order valence-electron chi connectivity index (χ2n) is 5.32. The highest BCUT2D eigenvalue weighted by atomic mass is 32.2. The zero-order chi connectivity index (χ0) is 17.0. The molecule has 0 saturated heterocycles. The fourth-order valence-electron chi connectivity index (χ4n) is 2.19. The van der Waals surface area contributed by atoms with Crippen molar-refractivity contribution in [3.05, 3.63) is 65.2 Å². The number of nitrogens with zero attached hydrogens (tertiary/aromatic N) is 1. The van der Waals surface area contributed by atoms with Crippen LogP contribution < -0.4 is 5.73 Å². The molecule has 2 rings (SSSR count). The van der Waals surface area contributed by atoms with Gasteiger partial charge in [-0.15, -0.1) is 0 Å². The van der Waals surface area contributed by atoms with Gasteiger partial charge in [0.25, 0.3) is 0 Å². The lowest BCUT2D eigenvalue weighted by molar-refractivity contribution is 0.1000. The first-order chi connectivity index (χ1) is 10.8. The summed E-state index contributed by atoms with van der Waals surface area (Å²) in [7, 11) is -2.08. The van der Waals surface area contributed by atoms with E-state index in [9.17, 15) is 13.2 Å². The van der Waals surface area contributed by atoms with E-state index in [1.165, 1.54) is 41.2 Å². The van der Waals surface area contributed by atoms with E-state index in [1.54, 1.807) is 0 Å². The summed E-state index contributed by atoms with van der Waals surface area (Å²) in [4.78, 5) is 11.2. The summed E-state index contributed by atoms with van der Waals surface area (Å²) < 4.78 is 26.4. The first kappa shape index (κ1) is 17.2. The van der Waals surface area contributed by atoms with E-state index in [0.29, 0.717) is 0 Å². The normalized spacial score (nSPS) is 11.6. The van der Waals surface area contributed by atoms with Crippen LogP contribution in [0, 0.1) is 0 Å². The van der Waals surface area contributed by atoms with Gasteiger partial charge in [0.1, 0.15) is 0 Å². The smallest absolute Gasteiger partial charge is 0.248 e. The maximum Gasteiger partial charge on any atom is 0.248 e. The summed E-state index contributed by atoms with van der Waals surface area (Å²) in [5.41, 5.74) is 7.57. The van der Waals surface area contributed by atoms with Gasteiger partial charge in [-0.05, 0) is 41.8 Å². The van der Waals surface area contributed by atoms with Gasteiger partial charge >= 0.3 is 0 Å². The number of nitrogens with two attached hydrogens (primary N) is 1. The summed E-state index contributed by atoms with van der Waals surface area (Å²) in [6.07, 6.45) is 0.945. The lowest BCUT2D eigenvalue weighted by Crippen LogP contribution is -2.26. The molecule has 0 fully saturated rings. The van der Waals surface area contributed by atoms with Crippen molar-refractivity contribution in [1.29, 1.82) is 0 Å². The second-order valence-corrected chi connectivity index (χ2v) is 7.36. The van der Waals surface area contributed by atoms with Crippen LogP contribution in [0.15, 0.2) is 53.4 Å². The molecule has 2 aromatic carbocycles. The van der Waals surface area contributed by atoms with Gasteiger partial charge in [-0.1, -0.05) is 31.2 Å². The summed E-state index contributed by atoms with van der Waals surface area (Å²) in [6.45, 7) is 2.35. The Morgan fingerprint density at radius 2 is 1.52 bits per heavy atom. The van der Waals surface area contributed by atoms with Crippen molar-refractivity contribution in [2.75, 3.05) is 7.05 Å². The lowest BCUT2D eigenvalue weighted by atomic mass is 10.1. The molecule has 5 nitrogen and oxygen atoms in total. The molecule has 0 aliphatic rings. The highest BCUT2D eigenvalue weighted by molar-refractivity contribution is 7.89. The third-order valence-corrected chi connectivity index (χ3v) is 5.50. The average Bonchev–Trinajstić information content (AvgIpc) is 2.55. The molecule has 0 saturated carbocycles. The Morgan fingerprint density at radius 1 is 1.00 bits per heavy atom. The first-order valence-electron chi connectivity index (χ1n) is 7.28. The molecule has 2 N–H and O–H groups in total. The van der Waals surface area contributed by atoms with Crippen LogP contribution >= 0.6 is 0 Å². The molecule has 6 heteroatoms. The van der Waals surface area contributed by atoms with Crippen LogP contribution in [0.25, 0.3) is 0 Å². The maximum atomic E-state index is 12.6. The number of benzene rings is 2. The third-order valence-electron chi connectivity index (χ3n) is 3.68. The quantitative estimate of drug-likeness (QED) is 0.880. The standard InChI is InChI=1S/C17H20N2O3S/c1-3-13-4-6-14(7-5-13)12-19(2)23(21,22)16-10-8-15(9-11-16)17(18)20/h4-11H,3,12H2,1-2H3,(H2,18,20). The van der Waals surface area contributed by atoms with E-state index in [-0.39, 0.29) is 17.0 Å². The molecule has 0 unspecified atom stereocenters. The molecule has 0 spiro atoms. The summed E-state index contributed by atoms with van der Waals surface area (Å²) >= 11 is 0. The molecule has 23 heavy (non-hydrogen) atoms.